The zero-order valence-corrected chi connectivity index (χ0v) is 13.6. The monoisotopic (exact) mass is 294 g/mol. The third kappa shape index (κ3) is 5.73. The van der Waals surface area contributed by atoms with E-state index in [1.807, 2.05) is 38.7 Å². The fourth-order valence-corrected chi connectivity index (χ4v) is 2.19. The molecule has 0 unspecified atom stereocenters. The Morgan fingerprint density at radius 3 is 2.24 bits per heavy atom. The molecule has 1 N–H and O–H groups in total. The van der Waals surface area contributed by atoms with Crippen LogP contribution in [0.15, 0.2) is 18.2 Å². The number of hydrogen-bond donors (Lipinski definition) is 1. The van der Waals surface area contributed by atoms with Crippen molar-refractivity contribution in [3.63, 3.8) is 0 Å². The van der Waals surface area contributed by atoms with E-state index in [0.29, 0.717) is 17.2 Å². The van der Waals surface area contributed by atoms with E-state index in [9.17, 15) is 4.39 Å². The highest BCUT2D eigenvalue weighted by atomic mass is 19.1. The minimum absolute atomic E-state index is 0.212. The van der Waals surface area contributed by atoms with Gasteiger partial charge >= 0.3 is 0 Å². The Kier molecular flexibility index (Phi) is 10.3. The number of halogens is 1. The van der Waals surface area contributed by atoms with Crippen LogP contribution in [0.5, 0.6) is 0 Å². The van der Waals surface area contributed by atoms with Crippen LogP contribution in [0.4, 0.5) is 10.1 Å². The average Bonchev–Trinajstić information content (AvgIpc) is 2.58. The molecule has 1 aromatic rings. The van der Waals surface area contributed by atoms with Gasteiger partial charge in [-0.1, -0.05) is 27.7 Å². The molecule has 1 aliphatic heterocycles. The number of aliphatic hydroxyl groups is 1. The van der Waals surface area contributed by atoms with E-state index in [2.05, 4.69) is 0 Å². The molecular weight excluding hydrogens is 267 g/mol. The lowest BCUT2D eigenvalue weighted by atomic mass is 9.97. The molecule has 0 bridgehead atoms. The quantitative estimate of drug-likeness (QED) is 0.898. The molecule has 4 heteroatoms. The SMILES string of the molecule is CC.CC.N#Cc1ccc(N2CCC(CO)CC2)c(F)c1. The Morgan fingerprint density at radius 1 is 1.24 bits per heavy atom. The Hall–Kier alpha value is -1.60. The van der Waals surface area contributed by atoms with Crippen LogP contribution in [0.3, 0.4) is 0 Å². The molecule has 1 saturated heterocycles. The predicted molar refractivity (Wildman–Crippen MR) is 85.8 cm³/mol. The zero-order chi connectivity index (χ0) is 16.3. The molecule has 1 fully saturated rings. The number of benzene rings is 1. The van der Waals surface area contributed by atoms with Crippen molar-refractivity contribution >= 4 is 5.69 Å². The standard InChI is InChI=1S/C13H15FN2O.2C2H6/c14-12-7-11(8-15)1-2-13(12)16-5-3-10(9-17)4-6-16;2*1-2/h1-2,7,10,17H,3-6,9H2;2*1-2H3. The summed E-state index contributed by atoms with van der Waals surface area (Å²) < 4.78 is 13.8. The normalized spacial score (nSPS) is 14.2. The van der Waals surface area contributed by atoms with Crippen LogP contribution in [0.1, 0.15) is 46.1 Å². The lowest BCUT2D eigenvalue weighted by Gasteiger charge is -2.33. The number of nitrogens with zero attached hydrogens (tertiary/aromatic N) is 2. The van der Waals surface area contributed by atoms with Crippen LogP contribution >= 0.6 is 0 Å². The summed E-state index contributed by atoms with van der Waals surface area (Å²) in [6.07, 6.45) is 1.77. The van der Waals surface area contributed by atoms with E-state index in [4.69, 9.17) is 10.4 Å². The Morgan fingerprint density at radius 2 is 1.81 bits per heavy atom. The number of anilines is 1. The van der Waals surface area contributed by atoms with Crippen molar-refractivity contribution in [1.29, 1.82) is 5.26 Å². The summed E-state index contributed by atoms with van der Waals surface area (Å²) in [4.78, 5) is 1.97. The second-order valence-corrected chi connectivity index (χ2v) is 4.39. The summed E-state index contributed by atoms with van der Waals surface area (Å²) in [6.45, 7) is 9.73. The van der Waals surface area contributed by atoms with Crippen molar-refractivity contribution in [2.45, 2.75) is 40.5 Å². The van der Waals surface area contributed by atoms with Crippen molar-refractivity contribution in [1.82, 2.24) is 0 Å². The highest BCUT2D eigenvalue weighted by Gasteiger charge is 2.20. The lowest BCUT2D eigenvalue weighted by molar-refractivity contribution is 0.203. The topological polar surface area (TPSA) is 47.3 Å². The van der Waals surface area contributed by atoms with Gasteiger partial charge < -0.3 is 10.0 Å². The average molecular weight is 294 g/mol. The van der Waals surface area contributed by atoms with Gasteiger partial charge in [0.05, 0.1) is 17.3 Å². The number of nitriles is 1. The molecule has 0 radical (unpaired) electrons. The maximum atomic E-state index is 13.8. The molecule has 1 aromatic carbocycles. The fourth-order valence-electron chi connectivity index (χ4n) is 2.19. The van der Waals surface area contributed by atoms with Crippen LogP contribution in [0.25, 0.3) is 0 Å². The molecular formula is C17H27FN2O. The van der Waals surface area contributed by atoms with Gasteiger partial charge in [-0.3, -0.25) is 0 Å². The van der Waals surface area contributed by atoms with Gasteiger partial charge in [0.25, 0.3) is 0 Å². The van der Waals surface area contributed by atoms with Crippen LogP contribution in [-0.2, 0) is 0 Å². The molecule has 118 valence electrons. The van der Waals surface area contributed by atoms with Gasteiger partial charge in [-0.05, 0) is 37.0 Å². The highest BCUT2D eigenvalue weighted by Crippen LogP contribution is 2.25. The molecule has 0 aromatic heterocycles. The molecule has 0 spiro atoms. The minimum Gasteiger partial charge on any atom is -0.396 e. The van der Waals surface area contributed by atoms with Crippen molar-refractivity contribution in [3.8, 4) is 6.07 Å². The van der Waals surface area contributed by atoms with Gasteiger partial charge in [-0.15, -0.1) is 0 Å². The number of rotatable bonds is 2. The maximum absolute atomic E-state index is 13.8. The molecule has 3 nitrogen and oxygen atoms in total. The van der Waals surface area contributed by atoms with Gasteiger partial charge in [0, 0.05) is 19.7 Å². The predicted octanol–water partition coefficient (Wildman–Crippen LogP) is 3.96. The van der Waals surface area contributed by atoms with Crippen LogP contribution in [0.2, 0.25) is 0 Å². The largest absolute Gasteiger partial charge is 0.396 e. The van der Waals surface area contributed by atoms with E-state index >= 15 is 0 Å². The number of piperidine rings is 1. The second kappa shape index (κ2) is 11.1. The minimum atomic E-state index is -0.341. The first-order valence-electron chi connectivity index (χ1n) is 7.80. The van der Waals surface area contributed by atoms with Crippen LogP contribution in [-0.4, -0.2) is 24.8 Å². The van der Waals surface area contributed by atoms with Crippen molar-refractivity contribution in [3.05, 3.63) is 29.6 Å². The van der Waals surface area contributed by atoms with Crippen molar-refractivity contribution < 1.29 is 9.50 Å². The second-order valence-electron chi connectivity index (χ2n) is 4.39. The van der Waals surface area contributed by atoms with Gasteiger partial charge in [0.2, 0.25) is 0 Å². The first-order valence-corrected chi connectivity index (χ1v) is 7.80. The highest BCUT2D eigenvalue weighted by molar-refractivity contribution is 5.51. The molecule has 1 heterocycles. The number of aliphatic hydroxyl groups excluding tert-OH is 1. The maximum Gasteiger partial charge on any atom is 0.147 e. The van der Waals surface area contributed by atoms with E-state index in [-0.39, 0.29) is 12.4 Å². The summed E-state index contributed by atoms with van der Waals surface area (Å²) in [5.74, 6) is -0.000749. The van der Waals surface area contributed by atoms with Crippen LogP contribution < -0.4 is 4.90 Å². The molecule has 0 atom stereocenters. The molecule has 1 aliphatic rings. The Bertz CT molecular complexity index is 435. The van der Waals surface area contributed by atoms with E-state index in [0.717, 1.165) is 25.9 Å². The smallest absolute Gasteiger partial charge is 0.147 e. The van der Waals surface area contributed by atoms with Crippen LogP contribution in [0, 0.1) is 23.1 Å². The molecule has 21 heavy (non-hydrogen) atoms. The zero-order valence-electron chi connectivity index (χ0n) is 13.6. The summed E-state index contributed by atoms with van der Waals surface area (Å²) in [5.41, 5.74) is 0.900. The van der Waals surface area contributed by atoms with Gasteiger partial charge in [-0.2, -0.15) is 5.26 Å². The first-order chi connectivity index (χ1) is 10.2. The Labute approximate surface area is 128 Å². The fraction of sp³-hybridized carbons (Fsp3) is 0.588. The third-order valence-electron chi connectivity index (χ3n) is 3.29. The first kappa shape index (κ1) is 19.4. The lowest BCUT2D eigenvalue weighted by Crippen LogP contribution is -2.35. The van der Waals surface area contributed by atoms with E-state index in [1.165, 1.54) is 6.07 Å². The molecule has 0 amide bonds. The molecule has 0 saturated carbocycles. The van der Waals surface area contributed by atoms with Gasteiger partial charge in [0.1, 0.15) is 5.82 Å². The number of hydrogen-bond acceptors (Lipinski definition) is 3. The summed E-state index contributed by atoms with van der Waals surface area (Å²) in [5, 5.41) is 17.7. The summed E-state index contributed by atoms with van der Waals surface area (Å²) in [7, 11) is 0. The van der Waals surface area contributed by atoms with E-state index in [1.54, 1.807) is 12.1 Å². The van der Waals surface area contributed by atoms with Gasteiger partial charge in [0.15, 0.2) is 0 Å². The summed E-state index contributed by atoms with van der Waals surface area (Å²) in [6, 6.07) is 6.49. The third-order valence-corrected chi connectivity index (χ3v) is 3.29. The van der Waals surface area contributed by atoms with Crippen molar-refractivity contribution in [2.75, 3.05) is 24.6 Å². The molecule has 2 rings (SSSR count). The van der Waals surface area contributed by atoms with E-state index < -0.39 is 0 Å². The summed E-state index contributed by atoms with van der Waals surface area (Å²) >= 11 is 0. The molecule has 0 aliphatic carbocycles. The van der Waals surface area contributed by atoms with Crippen molar-refractivity contribution in [2.24, 2.45) is 5.92 Å². The Balaban J connectivity index is 0.000000921. The van der Waals surface area contributed by atoms with Gasteiger partial charge in [-0.25, -0.2) is 4.39 Å².